The van der Waals surface area contributed by atoms with E-state index in [4.69, 9.17) is 41.1 Å². The molecule has 4 rings (SSSR count). The van der Waals surface area contributed by atoms with Crippen LogP contribution in [0.2, 0.25) is 5.02 Å². The number of halogens is 1. The molecule has 33 heavy (non-hydrogen) atoms. The molecular weight excluding hydrogens is 452 g/mol. The monoisotopic (exact) mass is 476 g/mol. The van der Waals surface area contributed by atoms with Gasteiger partial charge in [0, 0.05) is 28.8 Å². The molecule has 176 valence electrons. The number of rotatable bonds is 7. The van der Waals surface area contributed by atoms with Gasteiger partial charge in [-0.25, -0.2) is 4.84 Å². The van der Waals surface area contributed by atoms with E-state index in [1.165, 1.54) is 0 Å². The smallest absolute Gasteiger partial charge is 0.314 e. The van der Waals surface area contributed by atoms with Gasteiger partial charge in [-0.1, -0.05) is 30.3 Å². The fourth-order valence-electron chi connectivity index (χ4n) is 4.28. The third-order valence-electron chi connectivity index (χ3n) is 5.76. The molecule has 1 fully saturated rings. The van der Waals surface area contributed by atoms with Gasteiger partial charge in [0.1, 0.15) is 18.3 Å². The van der Waals surface area contributed by atoms with Crippen LogP contribution in [0.15, 0.2) is 42.8 Å². The van der Waals surface area contributed by atoms with E-state index in [0.29, 0.717) is 22.2 Å². The molecule has 0 spiro atoms. The molecule has 2 heterocycles. The second kappa shape index (κ2) is 9.76. The summed E-state index contributed by atoms with van der Waals surface area (Å²) in [4.78, 5) is 22.4. The lowest BCUT2D eigenvalue weighted by Crippen LogP contribution is -2.31. The number of ether oxygens (including phenoxy) is 3. The van der Waals surface area contributed by atoms with E-state index in [-0.39, 0.29) is 30.9 Å². The number of esters is 1. The maximum absolute atomic E-state index is 13.0. The van der Waals surface area contributed by atoms with E-state index in [0.717, 1.165) is 16.7 Å². The maximum atomic E-state index is 13.0. The lowest BCUT2D eigenvalue weighted by atomic mass is 10.00. The SMILES string of the molecule is C=C(C)O[C@@H]1CC(C(=O)Oc2c(C)ncc3c2CO[C@H]3c2ccc(Cl)cc2)CC1ON(O)O. The number of pyridine rings is 1. The zero-order chi connectivity index (χ0) is 23.7. The number of aryl methyl sites for hydroxylation is 1. The van der Waals surface area contributed by atoms with Crippen LogP contribution >= 0.6 is 11.6 Å². The van der Waals surface area contributed by atoms with Crippen molar-refractivity contribution < 1.29 is 34.3 Å². The molecule has 2 aliphatic rings. The minimum Gasteiger partial charge on any atom is -0.493 e. The average molecular weight is 477 g/mol. The number of hydrogen-bond acceptors (Lipinski definition) is 9. The zero-order valence-electron chi connectivity index (χ0n) is 18.2. The Bertz CT molecular complexity index is 1040. The Kier molecular flexibility index (Phi) is 6.99. The number of hydrogen-bond donors (Lipinski definition) is 2. The molecule has 0 saturated heterocycles. The number of fused-ring (bicyclic) bond motifs is 1. The van der Waals surface area contributed by atoms with Gasteiger partial charge < -0.3 is 14.2 Å². The van der Waals surface area contributed by atoms with Crippen molar-refractivity contribution in [2.45, 2.75) is 51.6 Å². The third kappa shape index (κ3) is 5.19. The van der Waals surface area contributed by atoms with E-state index in [9.17, 15) is 4.79 Å². The van der Waals surface area contributed by atoms with Crippen molar-refractivity contribution in [1.29, 1.82) is 0 Å². The van der Waals surface area contributed by atoms with Gasteiger partial charge in [-0.15, -0.1) is 0 Å². The highest BCUT2D eigenvalue weighted by Gasteiger charge is 2.43. The van der Waals surface area contributed by atoms with E-state index < -0.39 is 24.1 Å². The maximum Gasteiger partial charge on any atom is 0.314 e. The lowest BCUT2D eigenvalue weighted by molar-refractivity contribution is -0.507. The minimum atomic E-state index is -0.757. The quantitative estimate of drug-likeness (QED) is 0.343. The van der Waals surface area contributed by atoms with Gasteiger partial charge in [0.25, 0.3) is 0 Å². The largest absolute Gasteiger partial charge is 0.493 e. The summed E-state index contributed by atoms with van der Waals surface area (Å²) in [6, 6.07) is 7.37. The first-order valence-electron chi connectivity index (χ1n) is 10.5. The Morgan fingerprint density at radius 2 is 1.94 bits per heavy atom. The summed E-state index contributed by atoms with van der Waals surface area (Å²) in [5, 5.41) is 18.3. The Morgan fingerprint density at radius 1 is 1.24 bits per heavy atom. The first-order chi connectivity index (χ1) is 15.7. The molecular formula is C23H25ClN2O7. The van der Waals surface area contributed by atoms with Gasteiger partial charge in [-0.05, 0) is 38.0 Å². The predicted octanol–water partition coefficient (Wildman–Crippen LogP) is 4.28. The first-order valence-corrected chi connectivity index (χ1v) is 10.8. The lowest BCUT2D eigenvalue weighted by Gasteiger charge is -2.21. The molecule has 0 radical (unpaired) electrons. The second-order valence-corrected chi connectivity index (χ2v) is 8.63. The molecule has 9 nitrogen and oxygen atoms in total. The van der Waals surface area contributed by atoms with Crippen LogP contribution in [-0.4, -0.2) is 39.0 Å². The summed E-state index contributed by atoms with van der Waals surface area (Å²) in [5.41, 5.74) is 3.10. The summed E-state index contributed by atoms with van der Waals surface area (Å²) in [6.07, 6.45) is 0.519. The van der Waals surface area contributed by atoms with Crippen molar-refractivity contribution in [3.05, 3.63) is 70.2 Å². The van der Waals surface area contributed by atoms with Gasteiger partial charge in [0.05, 0.1) is 29.4 Å². The third-order valence-corrected chi connectivity index (χ3v) is 6.02. The fraction of sp³-hybridized carbons (Fsp3) is 0.391. The van der Waals surface area contributed by atoms with Crippen LogP contribution in [0.25, 0.3) is 0 Å². The van der Waals surface area contributed by atoms with E-state index >= 15 is 0 Å². The predicted molar refractivity (Wildman–Crippen MR) is 115 cm³/mol. The number of carbonyl (C=O) groups is 1. The average Bonchev–Trinajstić information content (AvgIpc) is 3.34. The highest BCUT2D eigenvalue weighted by molar-refractivity contribution is 6.30. The molecule has 1 aromatic carbocycles. The van der Waals surface area contributed by atoms with Gasteiger partial charge in [0.2, 0.25) is 0 Å². The Morgan fingerprint density at radius 3 is 2.61 bits per heavy atom. The Balaban J connectivity index is 1.53. The van der Waals surface area contributed by atoms with E-state index in [2.05, 4.69) is 11.6 Å². The molecule has 10 heteroatoms. The van der Waals surface area contributed by atoms with Gasteiger partial charge >= 0.3 is 5.97 Å². The number of carbonyl (C=O) groups excluding carboxylic acids is 1. The van der Waals surface area contributed by atoms with Crippen molar-refractivity contribution >= 4 is 17.6 Å². The summed E-state index contributed by atoms with van der Waals surface area (Å²) in [5.74, 6) is -0.256. The number of aromatic nitrogens is 1. The summed E-state index contributed by atoms with van der Waals surface area (Å²) in [7, 11) is 0. The molecule has 0 amide bonds. The van der Waals surface area contributed by atoms with Crippen LogP contribution in [0, 0.1) is 12.8 Å². The topological polar surface area (TPSA) is 111 Å². The summed E-state index contributed by atoms with van der Waals surface area (Å²) >= 11 is 6.00. The molecule has 0 bridgehead atoms. The zero-order valence-corrected chi connectivity index (χ0v) is 19.0. The van der Waals surface area contributed by atoms with E-state index in [1.54, 1.807) is 32.2 Å². The van der Waals surface area contributed by atoms with Gasteiger partial charge in [-0.3, -0.25) is 20.2 Å². The van der Waals surface area contributed by atoms with Crippen LogP contribution in [0.4, 0.5) is 0 Å². The molecule has 1 aromatic heterocycles. The molecule has 1 aliphatic heterocycles. The molecule has 1 aliphatic carbocycles. The molecule has 2 aromatic rings. The summed E-state index contributed by atoms with van der Waals surface area (Å²) < 4.78 is 17.4. The highest BCUT2D eigenvalue weighted by Crippen LogP contribution is 2.42. The Hall–Kier alpha value is -2.53. The van der Waals surface area contributed by atoms with Crippen molar-refractivity contribution in [2.24, 2.45) is 5.92 Å². The normalized spacial score (nSPS) is 24.1. The van der Waals surface area contributed by atoms with Crippen LogP contribution in [0.5, 0.6) is 5.75 Å². The van der Waals surface area contributed by atoms with Crippen molar-refractivity contribution in [3.63, 3.8) is 0 Å². The Labute approximate surface area is 196 Å². The van der Waals surface area contributed by atoms with Crippen molar-refractivity contribution in [1.82, 2.24) is 10.4 Å². The number of benzene rings is 1. The van der Waals surface area contributed by atoms with Crippen molar-refractivity contribution in [3.8, 4) is 5.75 Å². The van der Waals surface area contributed by atoms with Crippen LogP contribution < -0.4 is 4.74 Å². The van der Waals surface area contributed by atoms with E-state index in [1.807, 2.05) is 12.1 Å². The molecule has 1 saturated carbocycles. The molecule has 2 N–H and O–H groups in total. The summed E-state index contributed by atoms with van der Waals surface area (Å²) in [6.45, 7) is 7.40. The molecule has 4 atom stereocenters. The molecule has 2 unspecified atom stereocenters. The standard InChI is InChI=1S/C23H25ClN2O7/c1-12(2)31-19-8-15(9-20(19)33-26(28)29)23(27)32-21-13(3)25-10-17-18(21)11-30-22(17)14-4-6-16(24)7-5-14/h4-7,10,15,19-20,22,28-29H,1,8-9,11H2,2-3H3/t15?,19-,20?,22+/m1/s1. The van der Waals surface area contributed by atoms with Crippen LogP contribution in [-0.2, 0) is 25.7 Å². The minimum absolute atomic E-state index is 0.180. The van der Waals surface area contributed by atoms with Crippen molar-refractivity contribution in [2.75, 3.05) is 0 Å². The van der Waals surface area contributed by atoms with Gasteiger partial charge in [-0.2, -0.15) is 0 Å². The number of nitrogens with zero attached hydrogens (tertiary/aromatic N) is 2. The van der Waals surface area contributed by atoms with Crippen LogP contribution in [0.3, 0.4) is 0 Å². The number of allylic oxidation sites excluding steroid dienone is 1. The second-order valence-electron chi connectivity index (χ2n) is 8.19. The highest BCUT2D eigenvalue weighted by atomic mass is 35.5. The fourth-order valence-corrected chi connectivity index (χ4v) is 4.41. The van der Waals surface area contributed by atoms with Gasteiger partial charge in [0.15, 0.2) is 5.75 Å². The van der Waals surface area contributed by atoms with Crippen LogP contribution in [0.1, 0.15) is 48.3 Å². The first kappa shape index (κ1) is 23.6.